The van der Waals surface area contributed by atoms with Crippen LogP contribution in [0.5, 0.6) is 0 Å². The van der Waals surface area contributed by atoms with Gasteiger partial charge in [0.25, 0.3) is 0 Å². The largest absolute Gasteiger partial charge is 0.308 e. The highest BCUT2D eigenvalue weighted by atomic mass is 19.1. The molecule has 3 nitrogen and oxygen atoms in total. The van der Waals surface area contributed by atoms with Crippen LogP contribution in [0.3, 0.4) is 0 Å². The lowest BCUT2D eigenvalue weighted by molar-refractivity contribution is 0.545. The molecule has 0 aliphatic carbocycles. The molecule has 17 heavy (non-hydrogen) atoms. The fraction of sp³-hybridized carbons (Fsp3) is 0.250. The molecule has 1 aromatic heterocycles. The molecule has 0 fully saturated rings. The van der Waals surface area contributed by atoms with Crippen molar-refractivity contribution in [1.29, 1.82) is 0 Å². The van der Waals surface area contributed by atoms with Crippen LogP contribution in [-0.2, 0) is 7.05 Å². The second kappa shape index (κ2) is 4.63. The zero-order valence-electron chi connectivity index (χ0n) is 9.61. The third-order valence-corrected chi connectivity index (χ3v) is 2.59. The Kier molecular flexibility index (Phi) is 3.19. The average molecular weight is 237 g/mol. The van der Waals surface area contributed by atoms with Crippen molar-refractivity contribution in [2.75, 3.05) is 7.05 Å². The van der Waals surface area contributed by atoms with Gasteiger partial charge in [-0.25, -0.2) is 8.78 Å². The molecule has 1 atom stereocenters. The van der Waals surface area contributed by atoms with Gasteiger partial charge in [-0.1, -0.05) is 6.07 Å². The van der Waals surface area contributed by atoms with Gasteiger partial charge in [0.05, 0.1) is 11.7 Å². The van der Waals surface area contributed by atoms with E-state index in [4.69, 9.17) is 0 Å². The van der Waals surface area contributed by atoms with Crippen LogP contribution in [0.15, 0.2) is 30.5 Å². The zero-order chi connectivity index (χ0) is 12.4. The minimum Gasteiger partial charge on any atom is -0.308 e. The number of hydrogen-bond donors (Lipinski definition) is 1. The molecule has 0 aliphatic rings. The minimum absolute atomic E-state index is 0.378. The van der Waals surface area contributed by atoms with Gasteiger partial charge in [0.15, 0.2) is 0 Å². The number of hydrogen-bond acceptors (Lipinski definition) is 2. The van der Waals surface area contributed by atoms with E-state index in [0.29, 0.717) is 11.3 Å². The Hall–Kier alpha value is -1.75. The number of nitrogens with one attached hydrogen (secondary N) is 1. The number of aryl methyl sites for hydroxylation is 1. The Bertz CT molecular complexity index is 522. The molecule has 0 saturated heterocycles. The van der Waals surface area contributed by atoms with E-state index in [1.54, 1.807) is 31.0 Å². The molecular weight excluding hydrogens is 224 g/mol. The summed E-state index contributed by atoms with van der Waals surface area (Å²) in [6.07, 6.45) is 1.78. The topological polar surface area (TPSA) is 29.9 Å². The highest BCUT2D eigenvalue weighted by molar-refractivity contribution is 5.28. The first kappa shape index (κ1) is 11.7. The van der Waals surface area contributed by atoms with Gasteiger partial charge in [-0.3, -0.25) is 4.68 Å². The Morgan fingerprint density at radius 1 is 1.29 bits per heavy atom. The molecule has 1 heterocycles. The molecule has 5 heteroatoms. The van der Waals surface area contributed by atoms with E-state index in [9.17, 15) is 8.78 Å². The van der Waals surface area contributed by atoms with E-state index in [-0.39, 0.29) is 6.04 Å². The first-order valence-electron chi connectivity index (χ1n) is 5.23. The molecule has 0 radical (unpaired) electrons. The van der Waals surface area contributed by atoms with Gasteiger partial charge in [0.1, 0.15) is 11.6 Å². The summed E-state index contributed by atoms with van der Waals surface area (Å²) in [5, 5.41) is 7.19. The maximum atomic E-state index is 13.7. The van der Waals surface area contributed by atoms with Crippen molar-refractivity contribution in [3.8, 4) is 0 Å². The second-order valence-electron chi connectivity index (χ2n) is 3.80. The standard InChI is InChI=1S/C12H13F2N3/c1-15-12(11-5-6-17(2)16-11)9-4-3-8(13)7-10(9)14/h3-7,12,15H,1-2H3. The molecule has 0 amide bonds. The van der Waals surface area contributed by atoms with Crippen molar-refractivity contribution in [3.05, 3.63) is 53.4 Å². The summed E-state index contributed by atoms with van der Waals surface area (Å²) in [7, 11) is 3.50. The predicted octanol–water partition coefficient (Wildman–Crippen LogP) is 2.01. The van der Waals surface area contributed by atoms with Gasteiger partial charge in [0, 0.05) is 24.9 Å². The quantitative estimate of drug-likeness (QED) is 0.885. The lowest BCUT2D eigenvalue weighted by atomic mass is 10.0. The lowest BCUT2D eigenvalue weighted by Crippen LogP contribution is -2.19. The van der Waals surface area contributed by atoms with Crippen molar-refractivity contribution in [2.45, 2.75) is 6.04 Å². The Morgan fingerprint density at radius 2 is 2.06 bits per heavy atom. The molecule has 2 aromatic rings. The molecule has 0 spiro atoms. The summed E-state index contributed by atoms with van der Waals surface area (Å²) in [6, 6.07) is 4.97. The SMILES string of the molecule is CNC(c1ccn(C)n1)c1ccc(F)cc1F. The highest BCUT2D eigenvalue weighted by Crippen LogP contribution is 2.23. The fourth-order valence-corrected chi connectivity index (χ4v) is 1.79. The fourth-order valence-electron chi connectivity index (χ4n) is 1.79. The molecule has 90 valence electrons. The van der Waals surface area contributed by atoms with Crippen LogP contribution in [0.1, 0.15) is 17.3 Å². The van der Waals surface area contributed by atoms with Crippen molar-refractivity contribution in [2.24, 2.45) is 7.05 Å². The molecule has 1 unspecified atom stereocenters. The first-order chi connectivity index (χ1) is 8.11. The number of aromatic nitrogens is 2. The Balaban J connectivity index is 2.42. The summed E-state index contributed by atoms with van der Waals surface area (Å²) in [6.45, 7) is 0. The van der Waals surface area contributed by atoms with E-state index in [1.165, 1.54) is 12.1 Å². The third kappa shape index (κ3) is 2.34. The molecular formula is C12H13F2N3. The molecule has 0 aliphatic heterocycles. The van der Waals surface area contributed by atoms with Gasteiger partial charge in [-0.05, 0) is 19.2 Å². The molecule has 1 N–H and O–H groups in total. The summed E-state index contributed by atoms with van der Waals surface area (Å²) in [5.41, 5.74) is 1.08. The summed E-state index contributed by atoms with van der Waals surface area (Å²) in [5.74, 6) is -1.16. The van der Waals surface area contributed by atoms with Gasteiger partial charge in [-0.2, -0.15) is 5.10 Å². The minimum atomic E-state index is -0.581. The third-order valence-electron chi connectivity index (χ3n) is 2.59. The van der Waals surface area contributed by atoms with Gasteiger partial charge in [-0.15, -0.1) is 0 Å². The van der Waals surface area contributed by atoms with Crippen LogP contribution in [0.2, 0.25) is 0 Å². The van der Waals surface area contributed by atoms with Crippen LogP contribution in [0.4, 0.5) is 8.78 Å². The first-order valence-corrected chi connectivity index (χ1v) is 5.23. The van der Waals surface area contributed by atoms with Gasteiger partial charge in [0.2, 0.25) is 0 Å². The maximum Gasteiger partial charge on any atom is 0.131 e. The monoisotopic (exact) mass is 237 g/mol. The Morgan fingerprint density at radius 3 is 2.59 bits per heavy atom. The van der Waals surface area contributed by atoms with Gasteiger partial charge < -0.3 is 5.32 Å². The van der Waals surface area contributed by atoms with Crippen molar-refractivity contribution in [1.82, 2.24) is 15.1 Å². The number of nitrogens with zero attached hydrogens (tertiary/aromatic N) is 2. The molecule has 2 rings (SSSR count). The Labute approximate surface area is 98.1 Å². The van der Waals surface area contributed by atoms with E-state index < -0.39 is 11.6 Å². The predicted molar refractivity (Wildman–Crippen MR) is 60.5 cm³/mol. The summed E-state index contributed by atoms with van der Waals surface area (Å²) in [4.78, 5) is 0. The zero-order valence-corrected chi connectivity index (χ0v) is 9.61. The van der Waals surface area contributed by atoms with Crippen LogP contribution < -0.4 is 5.32 Å². The molecule has 0 bridgehead atoms. The maximum absolute atomic E-state index is 13.7. The number of rotatable bonds is 3. The van der Waals surface area contributed by atoms with Crippen molar-refractivity contribution >= 4 is 0 Å². The van der Waals surface area contributed by atoms with E-state index >= 15 is 0 Å². The van der Waals surface area contributed by atoms with Crippen molar-refractivity contribution in [3.63, 3.8) is 0 Å². The van der Waals surface area contributed by atoms with Crippen LogP contribution in [-0.4, -0.2) is 16.8 Å². The summed E-state index contributed by atoms with van der Waals surface area (Å²) >= 11 is 0. The van der Waals surface area contributed by atoms with Gasteiger partial charge >= 0.3 is 0 Å². The number of benzene rings is 1. The van der Waals surface area contributed by atoms with E-state index in [2.05, 4.69) is 10.4 Å². The van der Waals surface area contributed by atoms with Crippen LogP contribution >= 0.6 is 0 Å². The lowest BCUT2D eigenvalue weighted by Gasteiger charge is -2.15. The average Bonchev–Trinajstić information content (AvgIpc) is 2.69. The molecule has 1 aromatic carbocycles. The second-order valence-corrected chi connectivity index (χ2v) is 3.80. The van der Waals surface area contributed by atoms with E-state index in [1.807, 2.05) is 0 Å². The highest BCUT2D eigenvalue weighted by Gasteiger charge is 2.18. The summed E-state index contributed by atoms with van der Waals surface area (Å²) < 4.78 is 28.1. The molecule has 0 saturated carbocycles. The number of halogens is 2. The van der Waals surface area contributed by atoms with E-state index in [0.717, 1.165) is 6.07 Å². The normalized spacial score (nSPS) is 12.7. The van der Waals surface area contributed by atoms with Crippen molar-refractivity contribution < 1.29 is 8.78 Å². The van der Waals surface area contributed by atoms with Crippen LogP contribution in [0.25, 0.3) is 0 Å². The van der Waals surface area contributed by atoms with Crippen LogP contribution in [0, 0.1) is 11.6 Å². The smallest absolute Gasteiger partial charge is 0.131 e.